The third-order valence-corrected chi connectivity index (χ3v) is 4.15. The fraction of sp³-hybridized carbons (Fsp3) is 0.188. The molecule has 3 rings (SSSR count). The van der Waals surface area contributed by atoms with Crippen LogP contribution >= 0.6 is 23.2 Å². The minimum absolute atomic E-state index is 0.119. The summed E-state index contributed by atoms with van der Waals surface area (Å²) in [7, 11) is 0. The van der Waals surface area contributed by atoms with E-state index in [0.29, 0.717) is 15.7 Å². The van der Waals surface area contributed by atoms with Crippen molar-refractivity contribution in [3.63, 3.8) is 0 Å². The van der Waals surface area contributed by atoms with E-state index in [9.17, 15) is 4.79 Å². The van der Waals surface area contributed by atoms with Crippen molar-refractivity contribution in [2.24, 2.45) is 0 Å². The predicted octanol–water partition coefficient (Wildman–Crippen LogP) is 4.98. The first kappa shape index (κ1) is 14.2. The van der Waals surface area contributed by atoms with E-state index < -0.39 is 0 Å². The number of fused-ring (bicyclic) bond motifs is 1. The third-order valence-electron chi connectivity index (χ3n) is 3.60. The molecule has 0 fully saturated rings. The van der Waals surface area contributed by atoms with E-state index in [4.69, 9.17) is 23.2 Å². The molecule has 0 spiro atoms. The molecule has 1 unspecified atom stereocenters. The molecule has 21 heavy (non-hydrogen) atoms. The molecule has 1 aliphatic rings. The normalized spacial score (nSPS) is 16.7. The molecule has 1 atom stereocenters. The Balaban J connectivity index is 1.86. The van der Waals surface area contributed by atoms with Crippen molar-refractivity contribution in [2.75, 3.05) is 10.2 Å². The maximum atomic E-state index is 12.5. The van der Waals surface area contributed by atoms with E-state index in [1.54, 1.807) is 23.1 Å². The molecule has 0 bridgehead atoms. The fourth-order valence-corrected chi connectivity index (χ4v) is 3.10. The van der Waals surface area contributed by atoms with Gasteiger partial charge >= 0.3 is 6.03 Å². The molecule has 0 saturated carbocycles. The van der Waals surface area contributed by atoms with Gasteiger partial charge in [-0.15, -0.1) is 0 Å². The lowest BCUT2D eigenvalue weighted by atomic mass is 10.1. The summed E-state index contributed by atoms with van der Waals surface area (Å²) in [6.45, 7) is 2.03. The molecule has 0 radical (unpaired) electrons. The zero-order valence-electron chi connectivity index (χ0n) is 11.4. The van der Waals surface area contributed by atoms with Crippen LogP contribution in [0.25, 0.3) is 0 Å². The SMILES string of the molecule is CC1Cc2ccccc2N1C(=O)Nc1ccc(Cl)cc1Cl. The number of amides is 2. The molecule has 2 aromatic rings. The molecular weight excluding hydrogens is 307 g/mol. The van der Waals surface area contributed by atoms with E-state index in [0.717, 1.165) is 12.1 Å². The van der Waals surface area contributed by atoms with Gasteiger partial charge in [0.05, 0.1) is 10.7 Å². The molecule has 2 amide bonds. The zero-order valence-corrected chi connectivity index (χ0v) is 12.9. The van der Waals surface area contributed by atoms with Gasteiger partial charge in [0, 0.05) is 16.8 Å². The summed E-state index contributed by atoms with van der Waals surface area (Å²) < 4.78 is 0. The number of carbonyl (C=O) groups is 1. The molecule has 2 aromatic carbocycles. The third kappa shape index (κ3) is 2.71. The summed E-state index contributed by atoms with van der Waals surface area (Å²) in [4.78, 5) is 14.3. The first-order valence-electron chi connectivity index (χ1n) is 6.69. The molecule has 1 N–H and O–H groups in total. The van der Waals surface area contributed by atoms with Crippen molar-refractivity contribution in [1.29, 1.82) is 0 Å². The number of para-hydroxylation sites is 1. The number of benzene rings is 2. The Morgan fingerprint density at radius 1 is 1.24 bits per heavy atom. The predicted molar refractivity (Wildman–Crippen MR) is 87.6 cm³/mol. The maximum Gasteiger partial charge on any atom is 0.326 e. The van der Waals surface area contributed by atoms with Crippen molar-refractivity contribution in [2.45, 2.75) is 19.4 Å². The van der Waals surface area contributed by atoms with Crippen LogP contribution in [0, 0.1) is 0 Å². The number of hydrogen-bond acceptors (Lipinski definition) is 1. The molecule has 0 aliphatic carbocycles. The van der Waals surface area contributed by atoms with Gasteiger partial charge < -0.3 is 5.32 Å². The van der Waals surface area contributed by atoms with Gasteiger partial charge in [0.25, 0.3) is 0 Å². The van der Waals surface area contributed by atoms with Gasteiger partial charge in [0.2, 0.25) is 0 Å². The van der Waals surface area contributed by atoms with Crippen LogP contribution in [-0.2, 0) is 6.42 Å². The summed E-state index contributed by atoms with van der Waals surface area (Å²) >= 11 is 12.0. The van der Waals surface area contributed by atoms with E-state index in [1.165, 1.54) is 5.56 Å². The van der Waals surface area contributed by atoms with E-state index in [-0.39, 0.29) is 12.1 Å². The Hall–Kier alpha value is -1.71. The smallest absolute Gasteiger partial charge is 0.306 e. The molecule has 108 valence electrons. The summed E-state index contributed by atoms with van der Waals surface area (Å²) in [5.41, 5.74) is 2.69. The molecule has 0 aromatic heterocycles. The topological polar surface area (TPSA) is 32.3 Å². The van der Waals surface area contributed by atoms with Crippen LogP contribution in [0.15, 0.2) is 42.5 Å². The van der Waals surface area contributed by atoms with E-state index in [2.05, 4.69) is 5.32 Å². The Kier molecular flexibility index (Phi) is 3.79. The molecular formula is C16H14Cl2N2O. The second-order valence-electron chi connectivity index (χ2n) is 5.11. The summed E-state index contributed by atoms with van der Waals surface area (Å²) in [5, 5.41) is 3.81. The molecule has 1 heterocycles. The quantitative estimate of drug-likeness (QED) is 0.789. The van der Waals surface area contributed by atoms with Crippen LogP contribution in [0.2, 0.25) is 10.0 Å². The Bertz CT molecular complexity index is 702. The van der Waals surface area contributed by atoms with Crippen LogP contribution in [-0.4, -0.2) is 12.1 Å². The second-order valence-corrected chi connectivity index (χ2v) is 5.95. The Labute approximate surface area is 133 Å². The fourth-order valence-electron chi connectivity index (χ4n) is 2.64. The van der Waals surface area contributed by atoms with Gasteiger partial charge in [-0.2, -0.15) is 0 Å². The number of nitrogens with one attached hydrogen (secondary N) is 1. The van der Waals surface area contributed by atoms with E-state index in [1.807, 2.05) is 31.2 Å². The first-order valence-corrected chi connectivity index (χ1v) is 7.45. The van der Waals surface area contributed by atoms with Crippen LogP contribution in [0.1, 0.15) is 12.5 Å². The lowest BCUT2D eigenvalue weighted by Gasteiger charge is -2.23. The number of halogens is 2. The largest absolute Gasteiger partial charge is 0.326 e. The number of hydrogen-bond donors (Lipinski definition) is 1. The average molecular weight is 321 g/mol. The first-order chi connectivity index (χ1) is 10.1. The minimum atomic E-state index is -0.184. The van der Waals surface area contributed by atoms with Gasteiger partial charge in [-0.05, 0) is 43.2 Å². The molecule has 0 saturated heterocycles. The lowest BCUT2D eigenvalue weighted by molar-refractivity contribution is 0.256. The van der Waals surface area contributed by atoms with Crippen molar-refractivity contribution < 1.29 is 4.79 Å². The summed E-state index contributed by atoms with van der Waals surface area (Å²) in [6, 6.07) is 12.9. The van der Waals surface area contributed by atoms with E-state index >= 15 is 0 Å². The summed E-state index contributed by atoms with van der Waals surface area (Å²) in [5.74, 6) is 0. The van der Waals surface area contributed by atoms with Crippen LogP contribution in [0.4, 0.5) is 16.2 Å². The minimum Gasteiger partial charge on any atom is -0.306 e. The summed E-state index contributed by atoms with van der Waals surface area (Å²) in [6.07, 6.45) is 0.859. The van der Waals surface area contributed by atoms with Gasteiger partial charge in [-0.1, -0.05) is 41.4 Å². The highest BCUT2D eigenvalue weighted by Gasteiger charge is 2.30. The number of nitrogens with zero attached hydrogens (tertiary/aromatic N) is 1. The van der Waals surface area contributed by atoms with Crippen molar-refractivity contribution in [1.82, 2.24) is 0 Å². The highest BCUT2D eigenvalue weighted by Crippen LogP contribution is 2.33. The van der Waals surface area contributed by atoms with Gasteiger partial charge in [0.1, 0.15) is 0 Å². The number of urea groups is 1. The van der Waals surface area contributed by atoms with Gasteiger partial charge in [-0.25, -0.2) is 4.79 Å². The van der Waals surface area contributed by atoms with Gasteiger partial charge in [-0.3, -0.25) is 4.90 Å². The Morgan fingerprint density at radius 3 is 2.76 bits per heavy atom. The maximum absolute atomic E-state index is 12.5. The number of carbonyl (C=O) groups excluding carboxylic acids is 1. The standard InChI is InChI=1S/C16H14Cl2N2O/c1-10-8-11-4-2-3-5-15(11)20(10)16(21)19-14-7-6-12(17)9-13(14)18/h2-7,9-10H,8H2,1H3,(H,19,21). The van der Waals surface area contributed by atoms with Crippen LogP contribution < -0.4 is 10.2 Å². The van der Waals surface area contributed by atoms with Crippen molar-refractivity contribution in [3.05, 3.63) is 58.1 Å². The number of rotatable bonds is 1. The molecule has 1 aliphatic heterocycles. The Morgan fingerprint density at radius 2 is 2.00 bits per heavy atom. The highest BCUT2D eigenvalue weighted by atomic mass is 35.5. The van der Waals surface area contributed by atoms with Gasteiger partial charge in [0.15, 0.2) is 0 Å². The second kappa shape index (κ2) is 5.58. The monoisotopic (exact) mass is 320 g/mol. The van der Waals surface area contributed by atoms with Crippen molar-refractivity contribution >= 4 is 40.6 Å². The highest BCUT2D eigenvalue weighted by molar-refractivity contribution is 6.36. The lowest BCUT2D eigenvalue weighted by Crippen LogP contribution is -2.39. The van der Waals surface area contributed by atoms with Crippen LogP contribution in [0.3, 0.4) is 0 Å². The van der Waals surface area contributed by atoms with Crippen molar-refractivity contribution in [3.8, 4) is 0 Å². The zero-order chi connectivity index (χ0) is 15.0. The average Bonchev–Trinajstić information content (AvgIpc) is 2.77. The molecule has 3 nitrogen and oxygen atoms in total. The molecule has 5 heteroatoms. The number of anilines is 2. The van der Waals surface area contributed by atoms with Crippen LogP contribution in [0.5, 0.6) is 0 Å².